The number of nitrogens with zero attached hydrogens (tertiary/aromatic N) is 1. The number of amides is 2. The maximum Gasteiger partial charge on any atom is 0.407 e. The van der Waals surface area contributed by atoms with E-state index in [4.69, 9.17) is 10.5 Å². The number of hydrogen-bond acceptors (Lipinski definition) is 7. The van der Waals surface area contributed by atoms with Gasteiger partial charge in [-0.15, -0.1) is 24.8 Å². The summed E-state index contributed by atoms with van der Waals surface area (Å²) in [5, 5.41) is 5.43. The quantitative estimate of drug-likeness (QED) is 0.319. The van der Waals surface area contributed by atoms with E-state index in [0.717, 1.165) is 11.1 Å². The number of aryl methyl sites for hydroxylation is 1. The molecule has 4 N–H and O–H groups in total. The molecule has 1 aromatic heterocycles. The zero-order chi connectivity index (χ0) is 22.5. The van der Waals surface area contributed by atoms with E-state index in [1.165, 1.54) is 7.11 Å². The molecule has 1 aromatic carbocycles. The Morgan fingerprint density at radius 1 is 1.12 bits per heavy atom. The summed E-state index contributed by atoms with van der Waals surface area (Å²) >= 11 is 0. The number of anilines is 1. The summed E-state index contributed by atoms with van der Waals surface area (Å²) in [4.78, 5) is 39.4. The molecular formula is C22H30Cl2N4O5. The number of rotatable bonds is 11. The number of ether oxygens (including phenoxy) is 2. The lowest BCUT2D eigenvalue weighted by Gasteiger charge is -2.15. The van der Waals surface area contributed by atoms with Gasteiger partial charge < -0.3 is 25.8 Å². The number of aromatic nitrogens is 1. The van der Waals surface area contributed by atoms with Crippen LogP contribution in [0.25, 0.3) is 0 Å². The van der Waals surface area contributed by atoms with Crippen LogP contribution in [0.1, 0.15) is 30.4 Å². The van der Waals surface area contributed by atoms with E-state index in [2.05, 4.69) is 20.4 Å². The third kappa shape index (κ3) is 11.5. The number of nitrogens with one attached hydrogen (secondary N) is 2. The summed E-state index contributed by atoms with van der Waals surface area (Å²) in [6.45, 7) is 0.472. The summed E-state index contributed by atoms with van der Waals surface area (Å²) in [5.74, 6) is -0.644. The van der Waals surface area contributed by atoms with Crippen molar-refractivity contribution in [3.05, 3.63) is 59.9 Å². The molecule has 0 spiro atoms. The molecule has 9 nitrogen and oxygen atoms in total. The first kappa shape index (κ1) is 30.1. The highest BCUT2D eigenvalue weighted by atomic mass is 35.5. The summed E-state index contributed by atoms with van der Waals surface area (Å²) in [5.41, 5.74) is 8.21. The van der Waals surface area contributed by atoms with Crippen LogP contribution in [0.4, 0.5) is 10.5 Å². The number of halogens is 2. The Hall–Kier alpha value is -2.88. The maximum atomic E-state index is 12.4. The molecule has 0 saturated heterocycles. The van der Waals surface area contributed by atoms with Crippen LogP contribution >= 0.6 is 24.8 Å². The first-order valence-corrected chi connectivity index (χ1v) is 10.00. The number of alkyl carbamates (subject to hydrolysis) is 1. The van der Waals surface area contributed by atoms with Crippen molar-refractivity contribution in [3.63, 3.8) is 0 Å². The molecule has 0 radical (unpaired) electrons. The van der Waals surface area contributed by atoms with Crippen molar-refractivity contribution < 1.29 is 23.9 Å². The van der Waals surface area contributed by atoms with Gasteiger partial charge in [0.1, 0.15) is 6.61 Å². The second kappa shape index (κ2) is 16.7. The van der Waals surface area contributed by atoms with Crippen LogP contribution in [-0.4, -0.2) is 42.7 Å². The number of esters is 1. The number of carbonyl (C=O) groups is 3. The van der Waals surface area contributed by atoms with Crippen LogP contribution in [0.3, 0.4) is 0 Å². The third-order valence-corrected chi connectivity index (χ3v) is 4.49. The molecule has 2 amide bonds. The monoisotopic (exact) mass is 500 g/mol. The highest BCUT2D eigenvalue weighted by molar-refractivity contribution is 5.95. The number of methoxy groups -OCH3 is 1. The lowest BCUT2D eigenvalue weighted by atomic mass is 10.1. The van der Waals surface area contributed by atoms with Crippen molar-refractivity contribution in [2.75, 3.05) is 19.0 Å². The standard InChI is InChI=1S/C22H28N4O5.2ClH/c1-30-20(27)11-10-17-7-2-3-9-19(17)26-21(28)18(23)8-5-13-25-22(29)31-15-16-6-4-12-24-14-16;;/h2-4,6-7,9,12,14,18H,5,8,10-11,13,15,23H2,1H3,(H,25,29)(H,26,28);2*1H/t18-;;/m0../s1. The van der Waals surface area contributed by atoms with Gasteiger partial charge in [-0.25, -0.2) is 4.79 Å². The summed E-state index contributed by atoms with van der Waals surface area (Å²) in [6.07, 6.45) is 4.30. The van der Waals surface area contributed by atoms with Gasteiger partial charge in [0, 0.05) is 36.6 Å². The lowest BCUT2D eigenvalue weighted by Crippen LogP contribution is -2.36. The van der Waals surface area contributed by atoms with Crippen LogP contribution in [0.5, 0.6) is 0 Å². The fourth-order valence-corrected chi connectivity index (χ4v) is 2.75. The lowest BCUT2D eigenvalue weighted by molar-refractivity contribution is -0.140. The molecule has 0 bridgehead atoms. The van der Waals surface area contributed by atoms with Crippen molar-refractivity contribution in [2.24, 2.45) is 5.73 Å². The number of benzene rings is 1. The molecule has 2 aromatic rings. The van der Waals surface area contributed by atoms with Gasteiger partial charge in [-0.2, -0.15) is 0 Å². The largest absolute Gasteiger partial charge is 0.469 e. The summed E-state index contributed by atoms with van der Waals surface area (Å²) in [7, 11) is 1.34. The highest BCUT2D eigenvalue weighted by Gasteiger charge is 2.15. The van der Waals surface area contributed by atoms with E-state index in [-0.39, 0.29) is 49.7 Å². The van der Waals surface area contributed by atoms with Gasteiger partial charge in [-0.05, 0) is 37.0 Å². The zero-order valence-corrected chi connectivity index (χ0v) is 20.0. The van der Waals surface area contributed by atoms with Gasteiger partial charge in [-0.3, -0.25) is 14.6 Å². The number of hydrogen-bond donors (Lipinski definition) is 3. The minimum atomic E-state index is -0.734. The van der Waals surface area contributed by atoms with Gasteiger partial charge in [0.25, 0.3) is 0 Å². The minimum Gasteiger partial charge on any atom is -0.469 e. The topological polar surface area (TPSA) is 133 Å². The SMILES string of the molecule is COC(=O)CCc1ccccc1NC(=O)[C@@H](N)CCCNC(=O)OCc1cccnc1.Cl.Cl. The van der Waals surface area contributed by atoms with Crippen molar-refractivity contribution in [3.8, 4) is 0 Å². The maximum absolute atomic E-state index is 12.4. The molecule has 33 heavy (non-hydrogen) atoms. The minimum absolute atomic E-state index is 0. The Morgan fingerprint density at radius 3 is 2.58 bits per heavy atom. The number of pyridine rings is 1. The van der Waals surface area contributed by atoms with Gasteiger partial charge in [0.2, 0.25) is 5.91 Å². The Morgan fingerprint density at radius 2 is 1.88 bits per heavy atom. The zero-order valence-electron chi connectivity index (χ0n) is 18.3. The average molecular weight is 501 g/mol. The Labute approximate surface area is 205 Å². The highest BCUT2D eigenvalue weighted by Crippen LogP contribution is 2.17. The Bertz CT molecular complexity index is 871. The molecule has 1 heterocycles. The number of para-hydroxylation sites is 1. The van der Waals surface area contributed by atoms with Crippen LogP contribution in [0.15, 0.2) is 48.8 Å². The Balaban J connectivity index is 0.00000512. The average Bonchev–Trinajstić information content (AvgIpc) is 2.80. The van der Waals surface area contributed by atoms with Crippen molar-refractivity contribution in [1.82, 2.24) is 10.3 Å². The first-order chi connectivity index (χ1) is 15.0. The second-order valence-electron chi connectivity index (χ2n) is 6.84. The molecule has 0 fully saturated rings. The molecule has 0 unspecified atom stereocenters. The molecule has 2 rings (SSSR count). The fraction of sp³-hybridized carbons (Fsp3) is 0.364. The fourth-order valence-electron chi connectivity index (χ4n) is 2.75. The predicted molar refractivity (Wildman–Crippen MR) is 130 cm³/mol. The van der Waals surface area contributed by atoms with Crippen LogP contribution in [-0.2, 0) is 32.1 Å². The van der Waals surface area contributed by atoms with E-state index in [9.17, 15) is 14.4 Å². The van der Waals surface area contributed by atoms with E-state index in [1.807, 2.05) is 18.2 Å². The van der Waals surface area contributed by atoms with Gasteiger partial charge in [0.15, 0.2) is 0 Å². The Kier molecular flexibility index (Phi) is 15.3. The van der Waals surface area contributed by atoms with E-state index in [0.29, 0.717) is 31.5 Å². The van der Waals surface area contributed by atoms with Crippen molar-refractivity contribution in [1.29, 1.82) is 0 Å². The number of nitrogens with two attached hydrogens (primary N) is 1. The molecule has 0 saturated carbocycles. The normalized spacial score (nSPS) is 10.6. The molecule has 1 atom stereocenters. The van der Waals surface area contributed by atoms with E-state index >= 15 is 0 Å². The van der Waals surface area contributed by atoms with Crippen LogP contribution in [0, 0.1) is 0 Å². The summed E-state index contributed by atoms with van der Waals surface area (Å²) < 4.78 is 9.74. The molecular weight excluding hydrogens is 471 g/mol. The molecule has 182 valence electrons. The van der Waals surface area contributed by atoms with Crippen LogP contribution < -0.4 is 16.4 Å². The van der Waals surface area contributed by atoms with Gasteiger partial charge >= 0.3 is 12.1 Å². The number of carbonyl (C=O) groups excluding carboxylic acids is 3. The molecule has 0 aliphatic carbocycles. The van der Waals surface area contributed by atoms with Crippen molar-refractivity contribution >= 4 is 48.5 Å². The third-order valence-electron chi connectivity index (χ3n) is 4.49. The van der Waals surface area contributed by atoms with Crippen LogP contribution in [0.2, 0.25) is 0 Å². The summed E-state index contributed by atoms with van der Waals surface area (Å²) in [6, 6.07) is 10.1. The predicted octanol–water partition coefficient (Wildman–Crippen LogP) is 3.00. The van der Waals surface area contributed by atoms with Gasteiger partial charge in [-0.1, -0.05) is 24.3 Å². The molecule has 0 aliphatic rings. The van der Waals surface area contributed by atoms with Gasteiger partial charge in [0.05, 0.1) is 13.2 Å². The smallest absolute Gasteiger partial charge is 0.407 e. The second-order valence-corrected chi connectivity index (χ2v) is 6.84. The molecule has 11 heteroatoms. The first-order valence-electron chi connectivity index (χ1n) is 10.00. The van der Waals surface area contributed by atoms with E-state index in [1.54, 1.807) is 30.6 Å². The van der Waals surface area contributed by atoms with Crippen molar-refractivity contribution in [2.45, 2.75) is 38.3 Å². The van der Waals surface area contributed by atoms with E-state index < -0.39 is 12.1 Å². The molecule has 0 aliphatic heterocycles.